The minimum atomic E-state index is -0.842. The molecule has 1 rings (SSSR count). The molecule has 0 unspecified atom stereocenters. The second kappa shape index (κ2) is 8.49. The molecule has 0 aliphatic heterocycles. The molecule has 0 saturated carbocycles. The van der Waals surface area contributed by atoms with E-state index in [1.807, 2.05) is 30.3 Å². The Balaban J connectivity index is 2.30. The molecular weight excluding hydrogens is 234 g/mol. The lowest BCUT2D eigenvalue weighted by Crippen LogP contribution is -2.35. The number of aliphatic carboxylic acids is 1. The van der Waals surface area contributed by atoms with Gasteiger partial charge in [0.25, 0.3) is 0 Å². The van der Waals surface area contributed by atoms with Gasteiger partial charge in [0.2, 0.25) is 0 Å². The summed E-state index contributed by atoms with van der Waals surface area (Å²) in [5.41, 5.74) is 0. The summed E-state index contributed by atoms with van der Waals surface area (Å²) in [6, 6.07) is 9.46. The lowest BCUT2D eigenvalue weighted by Gasteiger charge is -2.19. The molecule has 0 amide bonds. The van der Waals surface area contributed by atoms with Gasteiger partial charge in [0, 0.05) is 20.2 Å². The zero-order valence-corrected chi connectivity index (χ0v) is 10.5. The number of carboxylic acids is 1. The first-order valence-corrected chi connectivity index (χ1v) is 5.83. The van der Waals surface area contributed by atoms with E-state index in [-0.39, 0.29) is 6.54 Å². The van der Waals surface area contributed by atoms with E-state index in [4.69, 9.17) is 14.6 Å². The number of hydrogen-bond donors (Lipinski definition) is 1. The van der Waals surface area contributed by atoms with Gasteiger partial charge in [-0.2, -0.15) is 0 Å². The minimum absolute atomic E-state index is 0.00150. The quantitative estimate of drug-likeness (QED) is 0.714. The highest BCUT2D eigenvalue weighted by molar-refractivity contribution is 5.69. The summed E-state index contributed by atoms with van der Waals surface area (Å²) in [7, 11) is 1.60. The lowest BCUT2D eigenvalue weighted by molar-refractivity contribution is -0.138. The molecule has 0 saturated heterocycles. The number of rotatable bonds is 9. The maximum Gasteiger partial charge on any atom is 0.317 e. The molecule has 0 bridgehead atoms. The second-order valence-electron chi connectivity index (χ2n) is 3.82. The van der Waals surface area contributed by atoms with Gasteiger partial charge < -0.3 is 14.6 Å². The summed E-state index contributed by atoms with van der Waals surface area (Å²) in [4.78, 5) is 12.5. The van der Waals surface area contributed by atoms with Gasteiger partial charge in [0.15, 0.2) is 0 Å². The highest BCUT2D eigenvalue weighted by Gasteiger charge is 2.09. The molecule has 5 nitrogen and oxygen atoms in total. The van der Waals surface area contributed by atoms with Crippen LogP contribution in [0.25, 0.3) is 0 Å². The first-order chi connectivity index (χ1) is 8.72. The molecule has 0 spiro atoms. The van der Waals surface area contributed by atoms with Crippen molar-refractivity contribution >= 4 is 5.97 Å². The van der Waals surface area contributed by atoms with E-state index in [9.17, 15) is 4.79 Å². The molecule has 5 heteroatoms. The molecule has 100 valence electrons. The van der Waals surface area contributed by atoms with Crippen LogP contribution in [0.1, 0.15) is 0 Å². The third kappa shape index (κ3) is 6.22. The standard InChI is InChI=1S/C13H19NO4/c1-17-9-7-14(11-13(15)16)8-10-18-12-5-3-2-4-6-12/h2-6H,7-11H2,1H3,(H,15,16). The molecule has 0 heterocycles. The van der Waals surface area contributed by atoms with Crippen molar-refractivity contribution in [3.63, 3.8) is 0 Å². The van der Waals surface area contributed by atoms with Gasteiger partial charge in [-0.1, -0.05) is 18.2 Å². The summed E-state index contributed by atoms with van der Waals surface area (Å²) < 4.78 is 10.5. The molecule has 0 atom stereocenters. The largest absolute Gasteiger partial charge is 0.492 e. The highest BCUT2D eigenvalue weighted by Crippen LogP contribution is 2.07. The van der Waals surface area contributed by atoms with E-state index in [0.29, 0.717) is 26.3 Å². The van der Waals surface area contributed by atoms with Crippen LogP contribution in [0.5, 0.6) is 5.75 Å². The third-order valence-electron chi connectivity index (χ3n) is 2.39. The molecule has 0 radical (unpaired) electrons. The van der Waals surface area contributed by atoms with Crippen molar-refractivity contribution in [3.8, 4) is 5.75 Å². The Bertz CT molecular complexity index is 342. The Hall–Kier alpha value is -1.59. The molecular formula is C13H19NO4. The smallest absolute Gasteiger partial charge is 0.317 e. The van der Waals surface area contributed by atoms with Crippen LogP contribution in [0.2, 0.25) is 0 Å². The van der Waals surface area contributed by atoms with E-state index in [1.54, 1.807) is 12.0 Å². The zero-order valence-electron chi connectivity index (χ0n) is 10.5. The molecule has 0 aliphatic carbocycles. The van der Waals surface area contributed by atoms with Crippen LogP contribution < -0.4 is 4.74 Å². The maximum atomic E-state index is 10.7. The van der Waals surface area contributed by atoms with Crippen LogP contribution in [-0.4, -0.2) is 55.9 Å². The van der Waals surface area contributed by atoms with E-state index < -0.39 is 5.97 Å². The van der Waals surface area contributed by atoms with Crippen LogP contribution >= 0.6 is 0 Å². The first-order valence-electron chi connectivity index (χ1n) is 5.83. The Morgan fingerprint density at radius 1 is 1.22 bits per heavy atom. The van der Waals surface area contributed by atoms with Gasteiger partial charge in [-0.3, -0.25) is 9.69 Å². The van der Waals surface area contributed by atoms with Crippen molar-refractivity contribution in [3.05, 3.63) is 30.3 Å². The molecule has 0 aliphatic rings. The lowest BCUT2D eigenvalue weighted by atomic mass is 10.3. The van der Waals surface area contributed by atoms with Gasteiger partial charge in [0.1, 0.15) is 12.4 Å². The van der Waals surface area contributed by atoms with Crippen molar-refractivity contribution in [2.45, 2.75) is 0 Å². The Labute approximate surface area is 107 Å². The summed E-state index contributed by atoms with van der Waals surface area (Å²) in [6.45, 7) is 2.12. The number of hydrogen-bond acceptors (Lipinski definition) is 4. The number of methoxy groups -OCH3 is 1. The van der Waals surface area contributed by atoms with Gasteiger partial charge in [-0.25, -0.2) is 0 Å². The van der Waals surface area contributed by atoms with Crippen molar-refractivity contribution in [2.75, 3.05) is 40.0 Å². The highest BCUT2D eigenvalue weighted by atomic mass is 16.5. The van der Waals surface area contributed by atoms with Crippen LogP contribution in [0, 0.1) is 0 Å². The van der Waals surface area contributed by atoms with Crippen molar-refractivity contribution in [2.24, 2.45) is 0 Å². The van der Waals surface area contributed by atoms with Crippen LogP contribution in [-0.2, 0) is 9.53 Å². The van der Waals surface area contributed by atoms with Gasteiger partial charge >= 0.3 is 5.97 Å². The molecule has 1 N–H and O–H groups in total. The summed E-state index contributed by atoms with van der Waals surface area (Å²) in [5.74, 6) is -0.0506. The number of para-hydroxylation sites is 1. The number of benzene rings is 1. The normalized spacial score (nSPS) is 10.6. The SMILES string of the molecule is COCCN(CCOc1ccccc1)CC(=O)O. The average molecular weight is 253 g/mol. The van der Waals surface area contributed by atoms with Crippen molar-refractivity contribution < 1.29 is 19.4 Å². The van der Waals surface area contributed by atoms with Gasteiger partial charge in [-0.05, 0) is 12.1 Å². The van der Waals surface area contributed by atoms with E-state index in [2.05, 4.69) is 0 Å². The fourth-order valence-corrected chi connectivity index (χ4v) is 1.49. The average Bonchev–Trinajstić information content (AvgIpc) is 2.36. The van der Waals surface area contributed by atoms with Gasteiger partial charge in [0.05, 0.1) is 13.2 Å². The zero-order chi connectivity index (χ0) is 13.2. The first kappa shape index (κ1) is 14.5. The summed E-state index contributed by atoms with van der Waals surface area (Å²) in [5, 5.41) is 8.78. The van der Waals surface area contributed by atoms with Crippen LogP contribution in [0.3, 0.4) is 0 Å². The number of carboxylic acid groups (broad SMARTS) is 1. The Morgan fingerprint density at radius 2 is 1.89 bits per heavy atom. The fraction of sp³-hybridized carbons (Fsp3) is 0.462. The third-order valence-corrected chi connectivity index (χ3v) is 2.39. The summed E-state index contributed by atoms with van der Waals surface area (Å²) >= 11 is 0. The van der Waals surface area contributed by atoms with Crippen LogP contribution in [0.15, 0.2) is 30.3 Å². The molecule has 1 aromatic carbocycles. The second-order valence-corrected chi connectivity index (χ2v) is 3.82. The topological polar surface area (TPSA) is 59.0 Å². The minimum Gasteiger partial charge on any atom is -0.492 e. The van der Waals surface area contributed by atoms with E-state index in [0.717, 1.165) is 5.75 Å². The van der Waals surface area contributed by atoms with E-state index >= 15 is 0 Å². The fourth-order valence-electron chi connectivity index (χ4n) is 1.49. The maximum absolute atomic E-state index is 10.7. The predicted molar refractivity (Wildman–Crippen MR) is 67.9 cm³/mol. The number of carbonyl (C=O) groups is 1. The predicted octanol–water partition coefficient (Wildman–Crippen LogP) is 1.10. The van der Waals surface area contributed by atoms with Crippen molar-refractivity contribution in [1.29, 1.82) is 0 Å². The molecule has 0 fully saturated rings. The monoisotopic (exact) mass is 253 g/mol. The van der Waals surface area contributed by atoms with Gasteiger partial charge in [-0.15, -0.1) is 0 Å². The Kier molecular flexibility index (Phi) is 6.83. The number of ether oxygens (including phenoxy) is 2. The summed E-state index contributed by atoms with van der Waals surface area (Å²) in [6.07, 6.45) is 0. The number of nitrogens with zero attached hydrogens (tertiary/aromatic N) is 1. The molecule has 18 heavy (non-hydrogen) atoms. The van der Waals surface area contributed by atoms with Crippen LogP contribution in [0.4, 0.5) is 0 Å². The molecule has 1 aromatic rings. The Morgan fingerprint density at radius 3 is 2.50 bits per heavy atom. The molecule has 0 aromatic heterocycles. The van der Waals surface area contributed by atoms with Crippen molar-refractivity contribution in [1.82, 2.24) is 4.90 Å². The van der Waals surface area contributed by atoms with E-state index in [1.165, 1.54) is 0 Å².